The van der Waals surface area contributed by atoms with Crippen LogP contribution in [0, 0.1) is 17.8 Å². The normalized spacial score (nSPS) is 23.7. The number of allylic oxidation sites excluding steroid dienone is 1. The molecule has 1 aromatic carbocycles. The molecule has 3 saturated carbocycles. The second kappa shape index (κ2) is 16.2. The van der Waals surface area contributed by atoms with E-state index in [-0.39, 0.29) is 36.4 Å². The maximum Gasteiger partial charge on any atom is 0.416 e. The first kappa shape index (κ1) is 40.9. The average molecular weight is 794 g/mol. The van der Waals surface area contributed by atoms with E-state index < -0.39 is 80.2 Å². The Bertz CT molecular complexity index is 1900. The molecule has 0 bridgehead atoms. The van der Waals surface area contributed by atoms with Crippen LogP contribution in [-0.2, 0) is 35.3 Å². The number of carbonyl (C=O) groups is 4. The van der Waals surface area contributed by atoms with E-state index >= 15 is 0 Å². The molecular formula is C37H46F3N5O7S2. The molecular weight excluding hydrogens is 748 g/mol. The van der Waals surface area contributed by atoms with Gasteiger partial charge in [-0.15, -0.1) is 24.5 Å². The summed E-state index contributed by atoms with van der Waals surface area (Å²) in [5.41, 5.74) is -1.79. The fourth-order valence-corrected chi connectivity index (χ4v) is 9.07. The molecule has 2 aromatic rings. The van der Waals surface area contributed by atoms with Gasteiger partial charge in [0.1, 0.15) is 16.7 Å². The van der Waals surface area contributed by atoms with Crippen molar-refractivity contribution in [1.29, 1.82) is 0 Å². The lowest BCUT2D eigenvalue weighted by Gasteiger charge is -2.26. The number of carbonyl (C=O) groups excluding carboxylic acids is 4. The van der Waals surface area contributed by atoms with Gasteiger partial charge < -0.3 is 15.0 Å². The van der Waals surface area contributed by atoms with Crippen molar-refractivity contribution in [2.45, 2.75) is 94.2 Å². The third-order valence-corrected chi connectivity index (χ3v) is 12.9. The summed E-state index contributed by atoms with van der Waals surface area (Å²) in [6.07, 6.45) is -0.675. The molecule has 12 nitrogen and oxygen atoms in total. The number of aromatic nitrogens is 1. The number of ether oxygens (including phenoxy) is 1. The van der Waals surface area contributed by atoms with Gasteiger partial charge in [0.2, 0.25) is 21.8 Å². The highest BCUT2D eigenvalue weighted by Crippen LogP contribution is 2.46. The molecule has 5 rings (SSSR count). The van der Waals surface area contributed by atoms with Gasteiger partial charge in [-0.1, -0.05) is 26.0 Å². The van der Waals surface area contributed by atoms with Gasteiger partial charge in [0.25, 0.3) is 5.91 Å². The van der Waals surface area contributed by atoms with Gasteiger partial charge >= 0.3 is 12.3 Å². The fraction of sp³-hybridized carbons (Fsp3) is 0.541. The Labute approximate surface area is 317 Å². The third kappa shape index (κ3) is 9.33. The van der Waals surface area contributed by atoms with Gasteiger partial charge in [-0.2, -0.15) is 13.2 Å². The summed E-state index contributed by atoms with van der Waals surface area (Å²) in [6.45, 7) is 11.6. The fourth-order valence-electron chi connectivity index (χ4n) is 6.69. The largest absolute Gasteiger partial charge is 0.446 e. The van der Waals surface area contributed by atoms with Crippen molar-refractivity contribution in [3.05, 3.63) is 60.1 Å². The molecule has 4 amide bonds. The lowest BCUT2D eigenvalue weighted by Crippen LogP contribution is -2.54. The second-order valence-electron chi connectivity index (χ2n) is 14.6. The Morgan fingerprint density at radius 3 is 2.43 bits per heavy atom. The molecule has 5 atom stereocenters. The van der Waals surface area contributed by atoms with Gasteiger partial charge in [-0.05, 0) is 75.5 Å². The number of rotatable bonds is 16. The summed E-state index contributed by atoms with van der Waals surface area (Å²) in [7, 11) is -2.34. The van der Waals surface area contributed by atoms with E-state index in [9.17, 15) is 40.8 Å². The van der Waals surface area contributed by atoms with E-state index in [0.29, 0.717) is 30.8 Å². The molecule has 3 aliphatic rings. The molecule has 1 heterocycles. The lowest BCUT2D eigenvalue weighted by atomic mass is 9.93. The average Bonchev–Trinajstić information content (AvgIpc) is 3.99. The van der Waals surface area contributed by atoms with E-state index in [1.54, 1.807) is 18.5 Å². The number of thiazole rings is 1. The van der Waals surface area contributed by atoms with Crippen molar-refractivity contribution >= 4 is 50.9 Å². The predicted octanol–water partition coefficient (Wildman–Crippen LogP) is 6.38. The molecule has 0 radical (unpaired) electrons. The van der Waals surface area contributed by atoms with E-state index in [1.807, 2.05) is 13.8 Å². The summed E-state index contributed by atoms with van der Waals surface area (Å²) >= 11 is 1.21. The van der Waals surface area contributed by atoms with Crippen LogP contribution in [-0.4, -0.2) is 72.6 Å². The molecule has 0 unspecified atom stereocenters. The third-order valence-electron chi connectivity index (χ3n) is 10.2. The number of alkyl halides is 3. The zero-order chi connectivity index (χ0) is 39.6. The number of hydrogen-bond donors (Lipinski definition) is 3. The van der Waals surface area contributed by atoms with Gasteiger partial charge in [0, 0.05) is 30.5 Å². The Hall–Kier alpha value is -4.25. The van der Waals surface area contributed by atoms with Gasteiger partial charge in [0.05, 0.1) is 34.0 Å². The minimum absolute atomic E-state index is 0.0581. The van der Waals surface area contributed by atoms with Gasteiger partial charge in [0.15, 0.2) is 0 Å². The molecule has 0 aliphatic heterocycles. The van der Waals surface area contributed by atoms with E-state index in [0.717, 1.165) is 30.7 Å². The monoisotopic (exact) mass is 793 g/mol. The number of unbranched alkanes of at least 4 members (excludes halogenated alkanes) is 2. The Morgan fingerprint density at radius 1 is 1.13 bits per heavy atom. The standard InChI is InChI=1S/C37H46F3N5O7S2/c1-6-8-9-10-15-45(5)33(47)28-18-24(17-27(28)31(46)43-36(19-22(36)7-2)34(48)44-54(50,51)25-12-13-25)52-35(49)42-29-16-23(37(38,39)40)11-14-26(29)32-41-30(20-53-32)21(3)4/h6-7,11,14,16,20-22,24-25,27-28H,1-2,8-10,12-13,15,17-19H2,3-5H3,(H,42,49)(H,43,46)(H,44,48)/t22-,24-,27-,28-,36-/m1/s1. The number of halogens is 3. The Balaban J connectivity index is 1.36. The lowest BCUT2D eigenvalue weighted by molar-refractivity contribution is -0.140. The van der Waals surface area contributed by atoms with Gasteiger partial charge in [-0.25, -0.2) is 18.2 Å². The van der Waals surface area contributed by atoms with E-state index in [2.05, 4.69) is 33.5 Å². The number of amides is 4. The minimum Gasteiger partial charge on any atom is -0.446 e. The molecule has 1 aromatic heterocycles. The van der Waals surface area contributed by atoms with Gasteiger partial charge in [-0.3, -0.25) is 24.4 Å². The first-order valence-electron chi connectivity index (χ1n) is 17.9. The molecule has 54 heavy (non-hydrogen) atoms. The number of benzene rings is 1. The predicted molar refractivity (Wildman–Crippen MR) is 198 cm³/mol. The highest BCUT2D eigenvalue weighted by Gasteiger charge is 2.62. The smallest absolute Gasteiger partial charge is 0.416 e. The molecule has 0 spiro atoms. The summed E-state index contributed by atoms with van der Waals surface area (Å²) < 4.78 is 74.2. The van der Waals surface area contributed by atoms with Crippen molar-refractivity contribution in [3.8, 4) is 10.6 Å². The molecule has 3 fully saturated rings. The Morgan fingerprint density at radius 2 is 1.83 bits per heavy atom. The Kier molecular flexibility index (Phi) is 12.3. The highest BCUT2D eigenvalue weighted by atomic mass is 32.2. The first-order chi connectivity index (χ1) is 25.4. The second-order valence-corrected chi connectivity index (χ2v) is 17.4. The first-order valence-corrected chi connectivity index (χ1v) is 20.3. The van der Waals surface area contributed by atoms with Crippen LogP contribution >= 0.6 is 11.3 Å². The molecule has 294 valence electrons. The van der Waals surface area contributed by atoms with Crippen LogP contribution in [0.2, 0.25) is 0 Å². The summed E-state index contributed by atoms with van der Waals surface area (Å²) in [6, 6.07) is 2.93. The quantitative estimate of drug-likeness (QED) is 0.130. The van der Waals surface area contributed by atoms with Crippen molar-refractivity contribution < 1.29 is 45.5 Å². The number of nitrogens with zero attached hydrogens (tertiary/aromatic N) is 2. The maximum absolute atomic E-state index is 14.0. The van der Waals surface area contributed by atoms with Crippen LogP contribution in [0.4, 0.5) is 23.7 Å². The zero-order valence-corrected chi connectivity index (χ0v) is 32.0. The number of anilines is 1. The van der Waals surface area contributed by atoms with Crippen molar-refractivity contribution in [3.63, 3.8) is 0 Å². The van der Waals surface area contributed by atoms with Crippen LogP contribution in [0.25, 0.3) is 10.6 Å². The van der Waals surface area contributed by atoms with Crippen molar-refractivity contribution in [2.24, 2.45) is 17.8 Å². The topological polar surface area (TPSA) is 164 Å². The van der Waals surface area contributed by atoms with Crippen molar-refractivity contribution in [2.75, 3.05) is 18.9 Å². The van der Waals surface area contributed by atoms with Crippen LogP contribution in [0.15, 0.2) is 48.9 Å². The number of nitrogens with one attached hydrogen (secondary N) is 3. The summed E-state index contributed by atoms with van der Waals surface area (Å²) in [4.78, 5) is 60.5. The minimum atomic E-state index is -4.70. The van der Waals surface area contributed by atoms with E-state index in [1.165, 1.54) is 28.4 Å². The van der Waals surface area contributed by atoms with Crippen molar-refractivity contribution in [1.82, 2.24) is 19.9 Å². The number of sulfonamides is 1. The zero-order valence-electron chi connectivity index (χ0n) is 30.4. The van der Waals surface area contributed by atoms with Crippen LogP contribution in [0.3, 0.4) is 0 Å². The molecule has 3 N–H and O–H groups in total. The highest BCUT2D eigenvalue weighted by molar-refractivity contribution is 7.91. The molecule has 17 heteroatoms. The summed E-state index contributed by atoms with van der Waals surface area (Å²) in [5.74, 6) is -4.56. The van der Waals surface area contributed by atoms with E-state index in [4.69, 9.17) is 4.74 Å². The SMILES string of the molecule is C=CCCCCN(C)C(=O)[C@@H]1C[C@H](OC(=O)Nc2cc(C(F)(F)F)ccc2-c2nc(C(C)C)cs2)C[C@H]1C(=O)N[C@]1(C(=O)NS(=O)(=O)C2CC2)C[C@H]1C=C. The summed E-state index contributed by atoms with van der Waals surface area (Å²) in [5, 5.41) is 6.64. The van der Waals surface area contributed by atoms with Crippen LogP contribution < -0.4 is 15.4 Å². The van der Waals surface area contributed by atoms with Crippen LogP contribution in [0.5, 0.6) is 0 Å². The molecule has 3 aliphatic carbocycles. The van der Waals surface area contributed by atoms with Crippen LogP contribution in [0.1, 0.15) is 82.4 Å². The number of hydrogen-bond acceptors (Lipinski definition) is 9. The maximum atomic E-state index is 14.0. The molecule has 0 saturated heterocycles.